The molecule has 3 aromatic rings. The van der Waals surface area contributed by atoms with Crippen molar-refractivity contribution < 1.29 is 14.6 Å². The summed E-state index contributed by atoms with van der Waals surface area (Å²) in [5.74, 6) is -0.595. The molecule has 6 heteroatoms. The van der Waals surface area contributed by atoms with Gasteiger partial charge in [0.15, 0.2) is 0 Å². The zero-order valence-electron chi connectivity index (χ0n) is 13.5. The van der Waals surface area contributed by atoms with Crippen LogP contribution in [0.1, 0.15) is 11.3 Å². The SMILES string of the molecule is COc1ccc2c(c1)c(/C=C(\C#N)C(=O)O)cn2Cc1ccccn1. The van der Waals surface area contributed by atoms with E-state index in [-0.39, 0.29) is 5.57 Å². The Kier molecular flexibility index (Phi) is 4.48. The van der Waals surface area contributed by atoms with Crippen LogP contribution in [0, 0.1) is 11.3 Å². The van der Waals surface area contributed by atoms with Crippen molar-refractivity contribution in [2.45, 2.75) is 6.54 Å². The van der Waals surface area contributed by atoms with Crippen molar-refractivity contribution in [3.05, 3.63) is 65.6 Å². The zero-order valence-corrected chi connectivity index (χ0v) is 13.5. The normalized spacial score (nSPS) is 11.3. The summed E-state index contributed by atoms with van der Waals surface area (Å²) < 4.78 is 7.23. The fraction of sp³-hybridized carbons (Fsp3) is 0.105. The van der Waals surface area contributed by atoms with Crippen molar-refractivity contribution in [1.82, 2.24) is 9.55 Å². The quantitative estimate of drug-likeness (QED) is 0.572. The van der Waals surface area contributed by atoms with E-state index in [4.69, 9.17) is 15.1 Å². The third-order valence-corrected chi connectivity index (χ3v) is 3.83. The monoisotopic (exact) mass is 333 g/mol. The minimum atomic E-state index is -1.25. The molecule has 2 aromatic heterocycles. The predicted octanol–water partition coefficient (Wildman–Crippen LogP) is 3.08. The van der Waals surface area contributed by atoms with E-state index in [0.29, 0.717) is 17.9 Å². The van der Waals surface area contributed by atoms with Crippen LogP contribution in [0.15, 0.2) is 54.4 Å². The van der Waals surface area contributed by atoms with E-state index in [1.807, 2.05) is 47.2 Å². The topological polar surface area (TPSA) is 88.1 Å². The van der Waals surface area contributed by atoms with Gasteiger partial charge in [0.1, 0.15) is 17.4 Å². The van der Waals surface area contributed by atoms with Gasteiger partial charge in [0, 0.05) is 28.9 Å². The second-order valence-corrected chi connectivity index (χ2v) is 5.39. The van der Waals surface area contributed by atoms with Crippen LogP contribution < -0.4 is 4.74 Å². The summed E-state index contributed by atoms with van der Waals surface area (Å²) in [5.41, 5.74) is 2.10. The summed E-state index contributed by atoms with van der Waals surface area (Å²) in [4.78, 5) is 15.5. The Morgan fingerprint density at radius 2 is 2.24 bits per heavy atom. The van der Waals surface area contributed by atoms with Crippen molar-refractivity contribution in [1.29, 1.82) is 5.26 Å². The number of aromatic nitrogens is 2. The van der Waals surface area contributed by atoms with Crippen molar-refractivity contribution in [2.75, 3.05) is 7.11 Å². The van der Waals surface area contributed by atoms with E-state index in [9.17, 15) is 4.79 Å². The maximum atomic E-state index is 11.2. The molecular formula is C19H15N3O3. The van der Waals surface area contributed by atoms with Crippen molar-refractivity contribution in [2.24, 2.45) is 0 Å². The van der Waals surface area contributed by atoms with Gasteiger partial charge in [-0.2, -0.15) is 5.26 Å². The Bertz CT molecular complexity index is 998. The first kappa shape index (κ1) is 16.3. The first-order valence-corrected chi connectivity index (χ1v) is 7.54. The molecule has 2 heterocycles. The minimum Gasteiger partial charge on any atom is -0.497 e. The maximum Gasteiger partial charge on any atom is 0.346 e. The van der Waals surface area contributed by atoms with Crippen LogP contribution in [0.3, 0.4) is 0 Å². The predicted molar refractivity (Wildman–Crippen MR) is 93.1 cm³/mol. The number of carboxylic acids is 1. The van der Waals surface area contributed by atoms with Crippen LogP contribution >= 0.6 is 0 Å². The Labute approximate surface area is 144 Å². The summed E-state index contributed by atoms with van der Waals surface area (Å²) in [7, 11) is 1.57. The molecule has 3 rings (SSSR count). The molecule has 0 saturated carbocycles. The van der Waals surface area contributed by atoms with E-state index in [2.05, 4.69) is 4.98 Å². The van der Waals surface area contributed by atoms with Gasteiger partial charge >= 0.3 is 5.97 Å². The number of hydrogen-bond acceptors (Lipinski definition) is 4. The third-order valence-electron chi connectivity index (χ3n) is 3.83. The summed E-state index contributed by atoms with van der Waals surface area (Å²) >= 11 is 0. The van der Waals surface area contributed by atoms with Gasteiger partial charge in [-0.1, -0.05) is 6.07 Å². The Morgan fingerprint density at radius 3 is 2.88 bits per heavy atom. The van der Waals surface area contributed by atoms with Gasteiger partial charge < -0.3 is 14.4 Å². The standard InChI is InChI=1S/C19H15N3O3/c1-25-16-5-6-18-17(9-16)14(8-13(10-20)19(23)24)11-22(18)12-15-4-2-3-7-21-15/h2-9,11H,12H2,1H3,(H,23,24)/b13-8+. The average molecular weight is 333 g/mol. The third kappa shape index (κ3) is 3.35. The first-order valence-electron chi connectivity index (χ1n) is 7.54. The highest BCUT2D eigenvalue weighted by atomic mass is 16.5. The first-order chi connectivity index (χ1) is 12.1. The van der Waals surface area contributed by atoms with E-state index in [1.54, 1.807) is 19.4 Å². The number of pyridine rings is 1. The molecule has 0 radical (unpaired) electrons. The van der Waals surface area contributed by atoms with E-state index in [1.165, 1.54) is 6.08 Å². The molecule has 0 saturated heterocycles. The highest BCUT2D eigenvalue weighted by Gasteiger charge is 2.12. The number of ether oxygens (including phenoxy) is 1. The molecule has 0 fully saturated rings. The number of benzene rings is 1. The number of hydrogen-bond donors (Lipinski definition) is 1. The molecule has 0 unspecified atom stereocenters. The number of carboxylic acid groups (broad SMARTS) is 1. The molecule has 0 spiro atoms. The van der Waals surface area contributed by atoms with E-state index in [0.717, 1.165) is 16.6 Å². The van der Waals surface area contributed by atoms with Crippen molar-refractivity contribution >= 4 is 22.9 Å². The van der Waals surface area contributed by atoms with Gasteiger partial charge in [-0.05, 0) is 36.4 Å². The minimum absolute atomic E-state index is 0.320. The lowest BCUT2D eigenvalue weighted by atomic mass is 10.1. The Morgan fingerprint density at radius 1 is 1.40 bits per heavy atom. The summed E-state index contributed by atoms with van der Waals surface area (Å²) in [5, 5.41) is 19.0. The van der Waals surface area contributed by atoms with E-state index < -0.39 is 5.97 Å². The van der Waals surface area contributed by atoms with Crippen molar-refractivity contribution in [3.8, 4) is 11.8 Å². The van der Waals surface area contributed by atoms with Crippen LogP contribution in [-0.4, -0.2) is 27.7 Å². The lowest BCUT2D eigenvalue weighted by Gasteiger charge is -2.05. The largest absolute Gasteiger partial charge is 0.497 e. The molecule has 0 aliphatic rings. The summed E-state index contributed by atoms with van der Waals surface area (Å²) in [6, 6.07) is 13.0. The van der Waals surface area contributed by atoms with Crippen LogP contribution in [0.2, 0.25) is 0 Å². The van der Waals surface area contributed by atoms with Gasteiger partial charge in [0.2, 0.25) is 0 Å². The Balaban J connectivity index is 2.16. The maximum absolute atomic E-state index is 11.2. The lowest BCUT2D eigenvalue weighted by Crippen LogP contribution is -1.99. The number of carbonyl (C=O) groups is 1. The molecular weight excluding hydrogens is 318 g/mol. The number of nitrogens with zero attached hydrogens (tertiary/aromatic N) is 3. The number of rotatable bonds is 5. The summed E-state index contributed by atoms with van der Waals surface area (Å²) in [6.45, 7) is 0.534. The van der Waals surface area contributed by atoms with Gasteiger partial charge in [-0.3, -0.25) is 4.98 Å². The fourth-order valence-corrected chi connectivity index (χ4v) is 2.64. The molecule has 0 amide bonds. The van der Waals surface area contributed by atoms with Gasteiger partial charge in [0.05, 0.1) is 19.3 Å². The second-order valence-electron chi connectivity index (χ2n) is 5.39. The molecule has 25 heavy (non-hydrogen) atoms. The number of methoxy groups -OCH3 is 1. The molecule has 6 nitrogen and oxygen atoms in total. The second kappa shape index (κ2) is 6.89. The number of fused-ring (bicyclic) bond motifs is 1. The molecule has 0 bridgehead atoms. The molecule has 124 valence electrons. The van der Waals surface area contributed by atoms with Crippen LogP contribution in [0.25, 0.3) is 17.0 Å². The average Bonchev–Trinajstić information content (AvgIpc) is 2.96. The Hall–Kier alpha value is -3.59. The molecule has 0 atom stereocenters. The summed E-state index contributed by atoms with van der Waals surface area (Å²) in [6.07, 6.45) is 4.92. The van der Waals surface area contributed by atoms with Crippen LogP contribution in [0.4, 0.5) is 0 Å². The van der Waals surface area contributed by atoms with Gasteiger partial charge in [-0.15, -0.1) is 0 Å². The van der Waals surface area contributed by atoms with Crippen LogP contribution in [-0.2, 0) is 11.3 Å². The highest BCUT2D eigenvalue weighted by Crippen LogP contribution is 2.28. The van der Waals surface area contributed by atoms with Crippen molar-refractivity contribution in [3.63, 3.8) is 0 Å². The highest BCUT2D eigenvalue weighted by molar-refractivity contribution is 6.00. The molecule has 0 aliphatic carbocycles. The van der Waals surface area contributed by atoms with E-state index >= 15 is 0 Å². The fourth-order valence-electron chi connectivity index (χ4n) is 2.64. The number of nitriles is 1. The van der Waals surface area contributed by atoms with Gasteiger partial charge in [-0.25, -0.2) is 4.79 Å². The smallest absolute Gasteiger partial charge is 0.346 e. The number of aliphatic carboxylic acids is 1. The van der Waals surface area contributed by atoms with Crippen LogP contribution in [0.5, 0.6) is 5.75 Å². The zero-order chi connectivity index (χ0) is 17.8. The van der Waals surface area contributed by atoms with Gasteiger partial charge in [0.25, 0.3) is 0 Å². The molecule has 1 N–H and O–H groups in total. The lowest BCUT2D eigenvalue weighted by molar-refractivity contribution is -0.132. The molecule has 1 aromatic carbocycles. The molecule has 0 aliphatic heterocycles.